The third-order valence-electron chi connectivity index (χ3n) is 2.10. The highest BCUT2D eigenvalue weighted by Crippen LogP contribution is 2.19. The van der Waals surface area contributed by atoms with Gasteiger partial charge in [-0.15, -0.1) is 0 Å². The zero-order chi connectivity index (χ0) is 11.4. The molecule has 1 aromatic carbocycles. The van der Waals surface area contributed by atoms with Crippen LogP contribution in [0.2, 0.25) is 0 Å². The lowest BCUT2D eigenvalue weighted by Gasteiger charge is -2.13. The lowest BCUT2D eigenvalue weighted by Crippen LogP contribution is -2.35. The van der Waals surface area contributed by atoms with Crippen molar-refractivity contribution in [1.82, 2.24) is 5.32 Å². The van der Waals surface area contributed by atoms with E-state index in [1.165, 1.54) is 0 Å². The number of hydrogen-bond donors (Lipinski definition) is 2. The van der Waals surface area contributed by atoms with E-state index in [0.29, 0.717) is 5.56 Å². The number of hydrogen-bond acceptors (Lipinski definition) is 2. The maximum absolute atomic E-state index is 11.8. The molecule has 0 aliphatic rings. The number of benzene rings is 1. The molecule has 0 aliphatic carbocycles. The van der Waals surface area contributed by atoms with Gasteiger partial charge in [-0.05, 0) is 41.4 Å². The second-order valence-electron chi connectivity index (χ2n) is 3.49. The van der Waals surface area contributed by atoms with E-state index in [-0.39, 0.29) is 18.6 Å². The van der Waals surface area contributed by atoms with E-state index < -0.39 is 0 Å². The molecule has 82 valence electrons. The van der Waals surface area contributed by atoms with Crippen molar-refractivity contribution in [2.75, 3.05) is 6.61 Å². The zero-order valence-corrected chi connectivity index (χ0v) is 10.3. The van der Waals surface area contributed by atoms with Crippen LogP contribution in [0.25, 0.3) is 0 Å². The van der Waals surface area contributed by atoms with Crippen LogP contribution < -0.4 is 5.32 Å². The summed E-state index contributed by atoms with van der Waals surface area (Å²) in [6.07, 6.45) is 0. The number of carbonyl (C=O) groups is 1. The van der Waals surface area contributed by atoms with Gasteiger partial charge in [0.2, 0.25) is 0 Å². The van der Waals surface area contributed by atoms with Crippen LogP contribution in [0.15, 0.2) is 22.7 Å². The summed E-state index contributed by atoms with van der Waals surface area (Å²) < 4.78 is 0.769. The Morgan fingerprint density at radius 1 is 1.60 bits per heavy atom. The number of nitrogens with one attached hydrogen (secondary N) is 1. The van der Waals surface area contributed by atoms with Gasteiger partial charge in [0.05, 0.1) is 12.2 Å². The highest BCUT2D eigenvalue weighted by molar-refractivity contribution is 9.10. The molecule has 0 spiro atoms. The predicted octanol–water partition coefficient (Wildman–Crippen LogP) is 1.87. The minimum atomic E-state index is -0.232. The summed E-state index contributed by atoms with van der Waals surface area (Å²) >= 11 is 3.34. The lowest BCUT2D eigenvalue weighted by molar-refractivity contribution is 0.0921. The van der Waals surface area contributed by atoms with Crippen molar-refractivity contribution < 1.29 is 9.90 Å². The van der Waals surface area contributed by atoms with Crippen molar-refractivity contribution in [3.63, 3.8) is 0 Å². The molecule has 0 saturated heterocycles. The summed E-state index contributed by atoms with van der Waals surface area (Å²) in [6.45, 7) is 3.57. The van der Waals surface area contributed by atoms with Gasteiger partial charge in [-0.25, -0.2) is 0 Å². The van der Waals surface area contributed by atoms with E-state index in [1.54, 1.807) is 6.92 Å². The molecule has 1 rings (SSSR count). The van der Waals surface area contributed by atoms with Crippen molar-refractivity contribution >= 4 is 21.8 Å². The smallest absolute Gasteiger partial charge is 0.252 e. The van der Waals surface area contributed by atoms with E-state index in [2.05, 4.69) is 21.2 Å². The van der Waals surface area contributed by atoms with Crippen LogP contribution in [0, 0.1) is 6.92 Å². The largest absolute Gasteiger partial charge is 0.394 e. The van der Waals surface area contributed by atoms with Crippen molar-refractivity contribution in [2.24, 2.45) is 0 Å². The maximum Gasteiger partial charge on any atom is 0.252 e. The van der Waals surface area contributed by atoms with Crippen molar-refractivity contribution in [3.8, 4) is 0 Å². The van der Waals surface area contributed by atoms with Gasteiger partial charge in [-0.1, -0.05) is 12.1 Å². The summed E-state index contributed by atoms with van der Waals surface area (Å²) in [4.78, 5) is 11.8. The number of aliphatic hydroxyl groups is 1. The van der Waals surface area contributed by atoms with Crippen molar-refractivity contribution in [2.45, 2.75) is 19.9 Å². The summed E-state index contributed by atoms with van der Waals surface area (Å²) in [5, 5.41) is 11.6. The number of aliphatic hydroxyl groups excluding tert-OH is 1. The van der Waals surface area contributed by atoms with Gasteiger partial charge < -0.3 is 10.4 Å². The number of rotatable bonds is 3. The number of aryl methyl sites for hydroxylation is 1. The minimum Gasteiger partial charge on any atom is -0.394 e. The highest BCUT2D eigenvalue weighted by atomic mass is 79.9. The molecule has 0 bridgehead atoms. The molecule has 0 fully saturated rings. The SMILES string of the molecule is Cc1cccc(Br)c1C(=O)N[C@@H](C)CO. The Morgan fingerprint density at radius 2 is 2.27 bits per heavy atom. The number of halogens is 1. The molecule has 0 aliphatic heterocycles. The second kappa shape index (κ2) is 5.28. The van der Waals surface area contributed by atoms with Gasteiger partial charge in [-0.2, -0.15) is 0 Å². The van der Waals surface area contributed by atoms with Crippen LogP contribution in [-0.2, 0) is 0 Å². The Kier molecular flexibility index (Phi) is 4.29. The first-order chi connectivity index (χ1) is 7.06. The Hall–Kier alpha value is -0.870. The molecule has 0 unspecified atom stereocenters. The van der Waals surface area contributed by atoms with E-state index in [4.69, 9.17) is 5.11 Å². The average Bonchev–Trinajstić information content (AvgIpc) is 2.17. The number of carbonyl (C=O) groups excluding carboxylic acids is 1. The summed E-state index contributed by atoms with van der Waals surface area (Å²) in [5.74, 6) is -0.165. The standard InChI is InChI=1S/C11H14BrNO2/c1-7-4-3-5-9(12)10(7)11(15)13-8(2)6-14/h3-5,8,14H,6H2,1-2H3,(H,13,15)/t8-/m0/s1. The van der Waals surface area contributed by atoms with Crippen molar-refractivity contribution in [3.05, 3.63) is 33.8 Å². The molecule has 0 radical (unpaired) electrons. The Balaban J connectivity index is 2.91. The molecule has 15 heavy (non-hydrogen) atoms. The first-order valence-corrected chi connectivity index (χ1v) is 5.52. The molecule has 1 aromatic rings. The van der Waals surface area contributed by atoms with Crippen LogP contribution in [0.1, 0.15) is 22.8 Å². The molecule has 0 saturated carbocycles. The monoisotopic (exact) mass is 271 g/mol. The molecule has 1 atom stereocenters. The molecule has 2 N–H and O–H groups in total. The summed E-state index contributed by atoms with van der Waals surface area (Å²) in [6, 6.07) is 5.35. The van der Waals surface area contributed by atoms with Crippen LogP contribution in [-0.4, -0.2) is 23.7 Å². The van der Waals surface area contributed by atoms with Gasteiger partial charge in [0.25, 0.3) is 5.91 Å². The quantitative estimate of drug-likeness (QED) is 0.882. The Bertz CT molecular complexity index is 345. The van der Waals surface area contributed by atoms with Crippen molar-refractivity contribution in [1.29, 1.82) is 0 Å². The normalized spacial score (nSPS) is 12.3. The Morgan fingerprint density at radius 3 is 2.80 bits per heavy atom. The van der Waals surface area contributed by atoms with Gasteiger partial charge in [0, 0.05) is 10.5 Å². The highest BCUT2D eigenvalue weighted by Gasteiger charge is 2.14. The van der Waals surface area contributed by atoms with E-state index in [9.17, 15) is 4.79 Å². The third kappa shape index (κ3) is 3.04. The summed E-state index contributed by atoms with van der Waals surface area (Å²) in [5.41, 5.74) is 1.53. The first kappa shape index (κ1) is 12.2. The first-order valence-electron chi connectivity index (χ1n) is 4.73. The number of amides is 1. The summed E-state index contributed by atoms with van der Waals surface area (Å²) in [7, 11) is 0. The van der Waals surface area contributed by atoms with Gasteiger partial charge in [-0.3, -0.25) is 4.79 Å². The third-order valence-corrected chi connectivity index (χ3v) is 2.76. The van der Waals surface area contributed by atoms with Crippen LogP contribution in [0.3, 0.4) is 0 Å². The molecule has 1 amide bonds. The van der Waals surface area contributed by atoms with Crippen LogP contribution >= 0.6 is 15.9 Å². The fourth-order valence-electron chi connectivity index (χ4n) is 1.26. The van der Waals surface area contributed by atoms with E-state index in [0.717, 1.165) is 10.0 Å². The van der Waals surface area contributed by atoms with Crippen LogP contribution in [0.4, 0.5) is 0 Å². The molecule has 0 aromatic heterocycles. The maximum atomic E-state index is 11.8. The molecule has 0 heterocycles. The lowest BCUT2D eigenvalue weighted by atomic mass is 10.1. The Labute approximate surface area is 97.6 Å². The fourth-order valence-corrected chi connectivity index (χ4v) is 1.91. The van der Waals surface area contributed by atoms with Gasteiger partial charge >= 0.3 is 0 Å². The predicted molar refractivity (Wildman–Crippen MR) is 62.9 cm³/mol. The van der Waals surface area contributed by atoms with Gasteiger partial charge in [0.1, 0.15) is 0 Å². The fraction of sp³-hybridized carbons (Fsp3) is 0.364. The zero-order valence-electron chi connectivity index (χ0n) is 8.75. The minimum absolute atomic E-state index is 0.0603. The topological polar surface area (TPSA) is 49.3 Å². The second-order valence-corrected chi connectivity index (χ2v) is 4.34. The average molecular weight is 272 g/mol. The molecular weight excluding hydrogens is 258 g/mol. The van der Waals surface area contributed by atoms with Crippen LogP contribution in [0.5, 0.6) is 0 Å². The van der Waals surface area contributed by atoms with E-state index in [1.807, 2.05) is 25.1 Å². The molecular formula is C11H14BrNO2. The molecule has 3 nitrogen and oxygen atoms in total. The van der Waals surface area contributed by atoms with E-state index >= 15 is 0 Å². The molecule has 4 heteroatoms. The van der Waals surface area contributed by atoms with Gasteiger partial charge in [0.15, 0.2) is 0 Å².